The first-order valence-electron chi connectivity index (χ1n) is 9.26. The van der Waals surface area contributed by atoms with E-state index < -0.39 is 0 Å². The minimum absolute atomic E-state index is 0.0635. The smallest absolute Gasteiger partial charge is 0.255 e. The maximum absolute atomic E-state index is 12.7. The molecule has 0 radical (unpaired) electrons. The van der Waals surface area contributed by atoms with Crippen LogP contribution in [0.25, 0.3) is 0 Å². The largest absolute Gasteiger partial charge is 0.337 e. The molecule has 1 aliphatic rings. The van der Waals surface area contributed by atoms with Crippen LogP contribution < -0.4 is 5.32 Å². The Kier molecular flexibility index (Phi) is 6.94. The lowest BCUT2D eigenvalue weighted by Gasteiger charge is -2.22. The number of carbonyl (C=O) groups is 2. The van der Waals surface area contributed by atoms with Gasteiger partial charge in [-0.1, -0.05) is 41.4 Å². The van der Waals surface area contributed by atoms with Gasteiger partial charge >= 0.3 is 0 Å². The molecule has 2 aromatic carbocycles. The van der Waals surface area contributed by atoms with Crippen LogP contribution in [0.2, 0.25) is 10.0 Å². The number of carbonyl (C=O) groups excluding carboxylic acids is 2. The number of amides is 2. The maximum atomic E-state index is 12.7. The predicted octanol–water partition coefficient (Wildman–Crippen LogP) is 4.09. The standard InChI is InChI=1S/C21H23Cl2N3O2/c1-15-7-8-16(22)13-19(15)24-20(27)14-25-9-4-10-26(12-11-25)21(28)17-5-2-3-6-18(17)23/h2-3,5-8,13H,4,9-12,14H2,1H3,(H,24,27). The van der Waals surface area contributed by atoms with Crippen molar-refractivity contribution in [2.45, 2.75) is 13.3 Å². The third kappa shape index (κ3) is 5.25. The zero-order chi connectivity index (χ0) is 20.1. The summed E-state index contributed by atoms with van der Waals surface area (Å²) in [4.78, 5) is 29.1. The Hall–Kier alpha value is -2.08. The molecule has 0 aromatic heterocycles. The van der Waals surface area contributed by atoms with Crippen molar-refractivity contribution < 1.29 is 9.59 Å². The molecule has 0 saturated carbocycles. The SMILES string of the molecule is Cc1ccc(Cl)cc1NC(=O)CN1CCCN(C(=O)c2ccccc2Cl)CC1. The van der Waals surface area contributed by atoms with Crippen molar-refractivity contribution in [1.29, 1.82) is 0 Å². The van der Waals surface area contributed by atoms with Gasteiger partial charge in [-0.25, -0.2) is 0 Å². The van der Waals surface area contributed by atoms with E-state index in [1.807, 2.05) is 25.1 Å². The van der Waals surface area contributed by atoms with Crippen LogP contribution in [0.3, 0.4) is 0 Å². The third-order valence-electron chi connectivity index (χ3n) is 4.82. The van der Waals surface area contributed by atoms with Gasteiger partial charge in [0, 0.05) is 36.9 Å². The zero-order valence-corrected chi connectivity index (χ0v) is 17.3. The molecular formula is C21H23Cl2N3O2. The summed E-state index contributed by atoms with van der Waals surface area (Å²) in [6.45, 7) is 4.81. The second-order valence-electron chi connectivity index (χ2n) is 6.91. The van der Waals surface area contributed by atoms with Crippen molar-refractivity contribution in [2.75, 3.05) is 38.0 Å². The number of hydrogen-bond acceptors (Lipinski definition) is 3. The Morgan fingerprint density at radius 3 is 2.61 bits per heavy atom. The van der Waals surface area contributed by atoms with Crippen LogP contribution in [0, 0.1) is 6.92 Å². The lowest BCUT2D eigenvalue weighted by molar-refractivity contribution is -0.117. The van der Waals surface area contributed by atoms with Gasteiger partial charge in [0.25, 0.3) is 5.91 Å². The van der Waals surface area contributed by atoms with E-state index in [0.29, 0.717) is 35.2 Å². The van der Waals surface area contributed by atoms with Gasteiger partial charge in [-0.2, -0.15) is 0 Å². The molecule has 1 aliphatic heterocycles. The number of nitrogens with one attached hydrogen (secondary N) is 1. The van der Waals surface area contributed by atoms with Crippen molar-refractivity contribution in [3.05, 3.63) is 63.6 Å². The van der Waals surface area contributed by atoms with Crippen LogP contribution in [-0.2, 0) is 4.79 Å². The first-order valence-corrected chi connectivity index (χ1v) is 10.0. The van der Waals surface area contributed by atoms with E-state index in [-0.39, 0.29) is 18.4 Å². The predicted molar refractivity (Wildman–Crippen MR) is 113 cm³/mol. The van der Waals surface area contributed by atoms with E-state index in [0.717, 1.165) is 24.2 Å². The summed E-state index contributed by atoms with van der Waals surface area (Å²) in [5.41, 5.74) is 2.21. The molecule has 5 nitrogen and oxygen atoms in total. The first-order chi connectivity index (χ1) is 13.4. The molecule has 28 heavy (non-hydrogen) atoms. The van der Waals surface area contributed by atoms with Crippen LogP contribution in [0.5, 0.6) is 0 Å². The highest BCUT2D eigenvalue weighted by molar-refractivity contribution is 6.33. The van der Waals surface area contributed by atoms with Gasteiger partial charge in [0.05, 0.1) is 17.1 Å². The molecule has 1 saturated heterocycles. The molecule has 0 aliphatic carbocycles. The highest BCUT2D eigenvalue weighted by Crippen LogP contribution is 2.21. The highest BCUT2D eigenvalue weighted by Gasteiger charge is 2.22. The summed E-state index contributed by atoms with van der Waals surface area (Å²) in [7, 11) is 0. The van der Waals surface area contributed by atoms with Gasteiger partial charge < -0.3 is 10.2 Å². The number of anilines is 1. The molecule has 0 unspecified atom stereocenters. The molecule has 0 bridgehead atoms. The number of hydrogen-bond donors (Lipinski definition) is 1. The van der Waals surface area contributed by atoms with Crippen molar-refractivity contribution >= 4 is 40.7 Å². The molecule has 1 N–H and O–H groups in total. The van der Waals surface area contributed by atoms with E-state index in [2.05, 4.69) is 10.2 Å². The summed E-state index contributed by atoms with van der Waals surface area (Å²) in [6.07, 6.45) is 0.805. The normalized spacial score (nSPS) is 15.2. The average Bonchev–Trinajstić information content (AvgIpc) is 2.90. The molecule has 0 atom stereocenters. The van der Waals surface area contributed by atoms with E-state index in [9.17, 15) is 9.59 Å². The molecule has 2 amide bonds. The average molecular weight is 420 g/mol. The number of aryl methyl sites for hydroxylation is 1. The fraction of sp³-hybridized carbons (Fsp3) is 0.333. The Balaban J connectivity index is 1.56. The van der Waals surface area contributed by atoms with Crippen LogP contribution in [-0.4, -0.2) is 54.3 Å². The van der Waals surface area contributed by atoms with Crippen molar-refractivity contribution in [1.82, 2.24) is 9.80 Å². The minimum atomic E-state index is -0.0868. The summed E-state index contributed by atoms with van der Waals surface area (Å²) < 4.78 is 0. The van der Waals surface area contributed by atoms with Crippen LogP contribution in [0.15, 0.2) is 42.5 Å². The zero-order valence-electron chi connectivity index (χ0n) is 15.8. The molecule has 1 fully saturated rings. The summed E-state index contributed by atoms with van der Waals surface area (Å²) in [5.74, 6) is -0.150. The Labute approximate surface area is 175 Å². The monoisotopic (exact) mass is 419 g/mol. The summed E-state index contributed by atoms with van der Waals surface area (Å²) in [6, 6.07) is 12.5. The maximum Gasteiger partial charge on any atom is 0.255 e. The van der Waals surface area contributed by atoms with Gasteiger partial charge in [-0.3, -0.25) is 14.5 Å². The van der Waals surface area contributed by atoms with E-state index in [1.165, 1.54) is 0 Å². The summed E-state index contributed by atoms with van der Waals surface area (Å²) >= 11 is 12.2. The third-order valence-corrected chi connectivity index (χ3v) is 5.39. The van der Waals surface area contributed by atoms with Crippen molar-refractivity contribution in [3.63, 3.8) is 0 Å². The van der Waals surface area contributed by atoms with Crippen molar-refractivity contribution in [3.8, 4) is 0 Å². The second kappa shape index (κ2) is 9.41. The molecule has 148 valence electrons. The minimum Gasteiger partial charge on any atom is -0.337 e. The Morgan fingerprint density at radius 1 is 1.04 bits per heavy atom. The van der Waals surface area contributed by atoms with E-state index in [1.54, 1.807) is 29.2 Å². The number of benzene rings is 2. The lowest BCUT2D eigenvalue weighted by atomic mass is 10.2. The molecule has 2 aromatic rings. The molecule has 7 heteroatoms. The van der Waals surface area contributed by atoms with Gasteiger partial charge in [0.1, 0.15) is 0 Å². The Bertz CT molecular complexity index is 872. The number of nitrogens with zero attached hydrogens (tertiary/aromatic N) is 2. The molecule has 3 rings (SSSR count). The number of rotatable bonds is 4. The topological polar surface area (TPSA) is 52.7 Å². The van der Waals surface area contributed by atoms with Crippen LogP contribution in [0.1, 0.15) is 22.3 Å². The van der Waals surface area contributed by atoms with E-state index in [4.69, 9.17) is 23.2 Å². The molecule has 0 spiro atoms. The first kappa shape index (κ1) is 20.6. The van der Waals surface area contributed by atoms with Crippen molar-refractivity contribution in [2.24, 2.45) is 0 Å². The van der Waals surface area contributed by atoms with Gasteiger partial charge in [0.15, 0.2) is 0 Å². The van der Waals surface area contributed by atoms with Crippen LogP contribution >= 0.6 is 23.2 Å². The Morgan fingerprint density at radius 2 is 1.82 bits per heavy atom. The quantitative estimate of drug-likeness (QED) is 0.811. The fourth-order valence-electron chi connectivity index (χ4n) is 3.26. The molecule has 1 heterocycles. The second-order valence-corrected chi connectivity index (χ2v) is 7.75. The van der Waals surface area contributed by atoms with E-state index >= 15 is 0 Å². The van der Waals surface area contributed by atoms with Gasteiger partial charge in [-0.05, 0) is 43.2 Å². The number of halogens is 2. The fourth-order valence-corrected chi connectivity index (χ4v) is 3.65. The molecular weight excluding hydrogens is 397 g/mol. The summed E-state index contributed by atoms with van der Waals surface area (Å²) in [5, 5.41) is 3.97. The van der Waals surface area contributed by atoms with Crippen LogP contribution in [0.4, 0.5) is 5.69 Å². The van der Waals surface area contributed by atoms with Gasteiger partial charge in [-0.15, -0.1) is 0 Å². The van der Waals surface area contributed by atoms with Gasteiger partial charge in [0.2, 0.25) is 5.91 Å². The lowest BCUT2D eigenvalue weighted by Crippen LogP contribution is -2.38. The highest BCUT2D eigenvalue weighted by atomic mass is 35.5.